The molecule has 1 aliphatic carbocycles. The molecule has 0 spiro atoms. The minimum atomic E-state index is -0.191. The maximum Gasteiger partial charge on any atom is 0.183 e. The number of hydrogen-bond acceptors (Lipinski definition) is 3. The molecule has 1 heterocycles. The van der Waals surface area contributed by atoms with Gasteiger partial charge in [-0.05, 0) is 36.5 Å². The van der Waals surface area contributed by atoms with Crippen LogP contribution in [-0.2, 0) is 0 Å². The zero-order valence-corrected chi connectivity index (χ0v) is 12.0. The van der Waals surface area contributed by atoms with Gasteiger partial charge in [0, 0.05) is 6.54 Å². The van der Waals surface area contributed by atoms with E-state index in [1.54, 1.807) is 12.1 Å². The van der Waals surface area contributed by atoms with Gasteiger partial charge < -0.3 is 5.32 Å². The molecule has 0 radical (unpaired) electrons. The first-order valence-corrected chi connectivity index (χ1v) is 7.84. The smallest absolute Gasteiger partial charge is 0.183 e. The monoisotopic (exact) mass is 278 g/mol. The third-order valence-corrected chi connectivity index (χ3v) is 5.13. The predicted octanol–water partition coefficient (Wildman–Crippen LogP) is 4.67. The number of nitrogens with zero attached hydrogens (tertiary/aromatic N) is 1. The second-order valence-electron chi connectivity index (χ2n) is 5.53. The SMILES string of the molecule is CC1CCCCC1CNc1nc2ccc(F)cc2s1. The Morgan fingerprint density at radius 1 is 1.37 bits per heavy atom. The summed E-state index contributed by atoms with van der Waals surface area (Å²) in [7, 11) is 0. The Morgan fingerprint density at radius 3 is 3.05 bits per heavy atom. The number of halogens is 1. The topological polar surface area (TPSA) is 24.9 Å². The summed E-state index contributed by atoms with van der Waals surface area (Å²) >= 11 is 1.54. The highest BCUT2D eigenvalue weighted by molar-refractivity contribution is 7.22. The number of fused-ring (bicyclic) bond motifs is 1. The number of rotatable bonds is 3. The molecule has 1 aromatic carbocycles. The van der Waals surface area contributed by atoms with Crippen molar-refractivity contribution >= 4 is 26.7 Å². The van der Waals surface area contributed by atoms with Crippen LogP contribution >= 0.6 is 11.3 Å². The number of thiazole rings is 1. The van der Waals surface area contributed by atoms with Crippen molar-refractivity contribution in [1.82, 2.24) is 4.98 Å². The van der Waals surface area contributed by atoms with Gasteiger partial charge >= 0.3 is 0 Å². The first-order chi connectivity index (χ1) is 9.22. The van der Waals surface area contributed by atoms with Crippen molar-refractivity contribution in [2.24, 2.45) is 11.8 Å². The number of nitrogens with one attached hydrogen (secondary N) is 1. The zero-order valence-electron chi connectivity index (χ0n) is 11.2. The van der Waals surface area contributed by atoms with Gasteiger partial charge in [0.05, 0.1) is 10.2 Å². The molecule has 4 heteroatoms. The molecule has 1 N–H and O–H groups in total. The lowest BCUT2D eigenvalue weighted by molar-refractivity contribution is 0.268. The fraction of sp³-hybridized carbons (Fsp3) is 0.533. The second kappa shape index (κ2) is 5.45. The van der Waals surface area contributed by atoms with Crippen LogP contribution in [0.15, 0.2) is 18.2 Å². The Kier molecular flexibility index (Phi) is 3.69. The molecule has 0 aliphatic heterocycles. The first-order valence-electron chi connectivity index (χ1n) is 7.02. The summed E-state index contributed by atoms with van der Waals surface area (Å²) in [6.07, 6.45) is 5.38. The molecule has 2 nitrogen and oxygen atoms in total. The molecular formula is C15H19FN2S. The van der Waals surface area contributed by atoms with E-state index in [9.17, 15) is 4.39 Å². The van der Waals surface area contributed by atoms with Crippen LogP contribution in [0.2, 0.25) is 0 Å². The Balaban J connectivity index is 1.68. The van der Waals surface area contributed by atoms with E-state index in [0.717, 1.165) is 33.7 Å². The van der Waals surface area contributed by atoms with Crippen molar-refractivity contribution in [3.8, 4) is 0 Å². The molecule has 19 heavy (non-hydrogen) atoms. The van der Waals surface area contributed by atoms with Crippen molar-refractivity contribution < 1.29 is 4.39 Å². The molecule has 2 aromatic rings. The van der Waals surface area contributed by atoms with E-state index in [0.29, 0.717) is 0 Å². The van der Waals surface area contributed by atoms with Crippen LogP contribution in [0.25, 0.3) is 10.2 Å². The number of benzene rings is 1. The second-order valence-corrected chi connectivity index (χ2v) is 6.56. The zero-order chi connectivity index (χ0) is 13.2. The highest BCUT2D eigenvalue weighted by Gasteiger charge is 2.21. The van der Waals surface area contributed by atoms with E-state index in [-0.39, 0.29) is 5.82 Å². The lowest BCUT2D eigenvalue weighted by atomic mass is 9.80. The maximum atomic E-state index is 13.1. The summed E-state index contributed by atoms with van der Waals surface area (Å²) < 4.78 is 14.0. The third kappa shape index (κ3) is 2.89. The highest BCUT2D eigenvalue weighted by Crippen LogP contribution is 2.31. The van der Waals surface area contributed by atoms with Gasteiger partial charge in [0.15, 0.2) is 5.13 Å². The van der Waals surface area contributed by atoms with Crippen molar-refractivity contribution in [2.75, 3.05) is 11.9 Å². The van der Waals surface area contributed by atoms with Crippen LogP contribution in [0.1, 0.15) is 32.6 Å². The average Bonchev–Trinajstić information content (AvgIpc) is 2.79. The minimum Gasteiger partial charge on any atom is -0.361 e. The number of hydrogen-bond donors (Lipinski definition) is 1. The summed E-state index contributed by atoms with van der Waals surface area (Å²) in [5.41, 5.74) is 0.880. The van der Waals surface area contributed by atoms with Crippen LogP contribution in [0.3, 0.4) is 0 Å². The molecule has 1 aliphatic rings. The van der Waals surface area contributed by atoms with Crippen molar-refractivity contribution in [1.29, 1.82) is 0 Å². The Morgan fingerprint density at radius 2 is 2.21 bits per heavy atom. The fourth-order valence-corrected chi connectivity index (χ4v) is 3.79. The quantitative estimate of drug-likeness (QED) is 0.882. The van der Waals surface area contributed by atoms with Crippen molar-refractivity contribution in [2.45, 2.75) is 32.6 Å². The molecule has 0 saturated heterocycles. The molecular weight excluding hydrogens is 259 g/mol. The summed E-state index contributed by atoms with van der Waals surface area (Å²) in [5, 5.41) is 4.35. The molecule has 2 unspecified atom stereocenters. The van der Waals surface area contributed by atoms with Crippen LogP contribution < -0.4 is 5.32 Å². The molecule has 0 bridgehead atoms. The molecule has 0 amide bonds. The molecule has 2 atom stereocenters. The van der Waals surface area contributed by atoms with Gasteiger partial charge in [0.2, 0.25) is 0 Å². The van der Waals surface area contributed by atoms with Gasteiger partial charge in [-0.3, -0.25) is 0 Å². The Labute approximate surface area is 117 Å². The van der Waals surface area contributed by atoms with Crippen LogP contribution in [0.4, 0.5) is 9.52 Å². The fourth-order valence-electron chi connectivity index (χ4n) is 2.89. The third-order valence-electron chi connectivity index (χ3n) is 4.16. The van der Waals surface area contributed by atoms with Crippen LogP contribution in [-0.4, -0.2) is 11.5 Å². The molecule has 1 saturated carbocycles. The summed E-state index contributed by atoms with van der Waals surface area (Å²) in [6, 6.07) is 4.77. The van der Waals surface area contributed by atoms with E-state index in [1.807, 2.05) is 0 Å². The normalized spacial score (nSPS) is 23.7. The van der Waals surface area contributed by atoms with Crippen molar-refractivity contribution in [3.63, 3.8) is 0 Å². The Bertz CT molecular complexity index is 566. The van der Waals surface area contributed by atoms with E-state index >= 15 is 0 Å². The highest BCUT2D eigenvalue weighted by atomic mass is 32.1. The van der Waals surface area contributed by atoms with Crippen LogP contribution in [0.5, 0.6) is 0 Å². The molecule has 102 valence electrons. The van der Waals surface area contributed by atoms with E-state index in [2.05, 4.69) is 17.2 Å². The van der Waals surface area contributed by atoms with E-state index in [1.165, 1.54) is 43.1 Å². The van der Waals surface area contributed by atoms with Gasteiger partial charge in [-0.2, -0.15) is 0 Å². The first kappa shape index (κ1) is 12.9. The summed E-state index contributed by atoms with van der Waals surface area (Å²) in [6.45, 7) is 3.34. The average molecular weight is 278 g/mol. The van der Waals surface area contributed by atoms with Gasteiger partial charge in [-0.15, -0.1) is 0 Å². The maximum absolute atomic E-state index is 13.1. The standard InChI is InChI=1S/C15H19FN2S/c1-10-4-2-3-5-11(10)9-17-15-18-13-7-6-12(16)8-14(13)19-15/h6-8,10-11H,2-5,9H2,1H3,(H,17,18). The van der Waals surface area contributed by atoms with Gasteiger partial charge in [0.1, 0.15) is 5.82 Å². The summed E-state index contributed by atoms with van der Waals surface area (Å²) in [4.78, 5) is 4.50. The van der Waals surface area contributed by atoms with E-state index < -0.39 is 0 Å². The van der Waals surface area contributed by atoms with E-state index in [4.69, 9.17) is 0 Å². The number of anilines is 1. The molecule has 1 aromatic heterocycles. The Hall–Kier alpha value is -1.16. The van der Waals surface area contributed by atoms with Gasteiger partial charge in [0.25, 0.3) is 0 Å². The lowest BCUT2D eigenvalue weighted by Gasteiger charge is -2.28. The largest absolute Gasteiger partial charge is 0.361 e. The van der Waals surface area contributed by atoms with Crippen LogP contribution in [0, 0.1) is 17.7 Å². The molecule has 3 rings (SSSR count). The lowest BCUT2D eigenvalue weighted by Crippen LogP contribution is -2.24. The molecule has 1 fully saturated rings. The number of aromatic nitrogens is 1. The minimum absolute atomic E-state index is 0.191. The van der Waals surface area contributed by atoms with Crippen molar-refractivity contribution in [3.05, 3.63) is 24.0 Å². The summed E-state index contributed by atoms with van der Waals surface area (Å²) in [5.74, 6) is 1.36. The van der Waals surface area contributed by atoms with Gasteiger partial charge in [-0.1, -0.05) is 37.5 Å². The van der Waals surface area contributed by atoms with Gasteiger partial charge in [-0.25, -0.2) is 9.37 Å². The predicted molar refractivity (Wildman–Crippen MR) is 79.2 cm³/mol.